The molecule has 3 rings (SSSR count). The fourth-order valence-corrected chi connectivity index (χ4v) is 2.70. The average molecular weight is 380 g/mol. The van der Waals surface area contributed by atoms with Gasteiger partial charge in [0.15, 0.2) is 6.61 Å². The fraction of sp³-hybridized carbons (Fsp3) is 0.125. The van der Waals surface area contributed by atoms with E-state index in [-0.39, 0.29) is 6.61 Å². The first kappa shape index (κ1) is 17.2. The summed E-state index contributed by atoms with van der Waals surface area (Å²) in [6.45, 7) is 0.127. The van der Waals surface area contributed by atoms with Crippen LogP contribution in [0.15, 0.2) is 53.1 Å². The molecule has 0 saturated heterocycles. The summed E-state index contributed by atoms with van der Waals surface area (Å²) in [6.07, 6.45) is 1.09. The first-order valence-corrected chi connectivity index (χ1v) is 9.45. The maximum absolute atomic E-state index is 11.2. The summed E-state index contributed by atoms with van der Waals surface area (Å²) in [5, 5.41) is 4.52. The lowest BCUT2D eigenvalue weighted by atomic mass is 10.2. The zero-order chi connectivity index (χ0) is 17.9. The summed E-state index contributed by atoms with van der Waals surface area (Å²) in [5.41, 5.74) is 1.15. The van der Waals surface area contributed by atoms with Crippen molar-refractivity contribution < 1.29 is 17.7 Å². The highest BCUT2D eigenvalue weighted by atomic mass is 35.5. The number of aromatic nitrogens is 2. The van der Waals surface area contributed by atoms with Crippen LogP contribution in [0.25, 0.3) is 11.4 Å². The molecule has 1 heterocycles. The van der Waals surface area contributed by atoms with Crippen LogP contribution in [-0.4, -0.2) is 24.8 Å². The van der Waals surface area contributed by atoms with Crippen molar-refractivity contribution in [3.63, 3.8) is 0 Å². The Morgan fingerprint density at radius 1 is 1.12 bits per heavy atom. The molecule has 25 heavy (non-hydrogen) atoms. The minimum atomic E-state index is -3.31. The Bertz CT molecular complexity index is 954. The number of sulfonamides is 1. The van der Waals surface area contributed by atoms with E-state index in [1.54, 1.807) is 48.5 Å². The molecular formula is C16H14ClN3O4S. The van der Waals surface area contributed by atoms with Gasteiger partial charge in [0.1, 0.15) is 5.75 Å². The number of ether oxygens (including phenoxy) is 1. The molecule has 0 aliphatic heterocycles. The van der Waals surface area contributed by atoms with Gasteiger partial charge in [-0.3, -0.25) is 4.72 Å². The first-order chi connectivity index (χ1) is 11.9. The molecule has 2 aromatic carbocycles. The lowest BCUT2D eigenvalue weighted by Gasteiger charge is -2.03. The summed E-state index contributed by atoms with van der Waals surface area (Å²) < 4.78 is 35.5. The van der Waals surface area contributed by atoms with Crippen LogP contribution in [0.5, 0.6) is 5.75 Å². The number of nitrogens with one attached hydrogen (secondary N) is 1. The van der Waals surface area contributed by atoms with Gasteiger partial charge in [0.05, 0.1) is 6.26 Å². The van der Waals surface area contributed by atoms with Crippen molar-refractivity contribution in [3.8, 4) is 17.1 Å². The first-order valence-electron chi connectivity index (χ1n) is 7.18. The molecule has 0 radical (unpaired) electrons. The number of anilines is 1. The predicted octanol–water partition coefficient (Wildman–Crippen LogP) is 3.34. The number of rotatable bonds is 6. The van der Waals surface area contributed by atoms with E-state index in [1.165, 1.54) is 0 Å². The van der Waals surface area contributed by atoms with Crippen LogP contribution in [0, 0.1) is 0 Å². The van der Waals surface area contributed by atoms with E-state index in [2.05, 4.69) is 14.9 Å². The lowest BCUT2D eigenvalue weighted by Crippen LogP contribution is -2.09. The van der Waals surface area contributed by atoms with Crippen LogP contribution in [0.4, 0.5) is 5.69 Å². The smallest absolute Gasteiger partial charge is 0.264 e. The summed E-state index contributed by atoms with van der Waals surface area (Å²) in [4.78, 5) is 4.25. The molecule has 130 valence electrons. The number of nitrogens with zero attached hydrogens (tertiary/aromatic N) is 2. The molecule has 1 aromatic heterocycles. The highest BCUT2D eigenvalue weighted by molar-refractivity contribution is 7.92. The van der Waals surface area contributed by atoms with Crippen molar-refractivity contribution in [1.82, 2.24) is 10.1 Å². The summed E-state index contributed by atoms with van der Waals surface area (Å²) in [7, 11) is -3.31. The number of halogens is 1. The molecule has 3 aromatic rings. The Hall–Kier alpha value is -2.58. The molecule has 0 aliphatic carbocycles. The van der Waals surface area contributed by atoms with Gasteiger partial charge in [0.2, 0.25) is 15.8 Å². The Morgan fingerprint density at radius 3 is 2.44 bits per heavy atom. The van der Waals surface area contributed by atoms with Crippen LogP contribution in [0.1, 0.15) is 5.89 Å². The zero-order valence-electron chi connectivity index (χ0n) is 13.1. The van der Waals surface area contributed by atoms with Crippen molar-refractivity contribution in [2.45, 2.75) is 6.61 Å². The van der Waals surface area contributed by atoms with E-state index in [9.17, 15) is 8.42 Å². The molecule has 0 aliphatic rings. The second-order valence-corrected chi connectivity index (χ2v) is 7.39. The minimum absolute atomic E-state index is 0.127. The highest BCUT2D eigenvalue weighted by Gasteiger charge is 2.10. The third-order valence-corrected chi connectivity index (χ3v) is 3.95. The molecule has 0 unspecified atom stereocenters. The van der Waals surface area contributed by atoms with E-state index in [0.717, 1.165) is 6.26 Å². The van der Waals surface area contributed by atoms with E-state index < -0.39 is 10.0 Å². The van der Waals surface area contributed by atoms with Crippen molar-refractivity contribution in [1.29, 1.82) is 0 Å². The number of hydrogen-bond acceptors (Lipinski definition) is 6. The minimum Gasteiger partial charge on any atom is -0.484 e. The summed E-state index contributed by atoms with van der Waals surface area (Å²) in [5.74, 6) is 1.35. The SMILES string of the molecule is CS(=O)(=O)Nc1ccc(-c2noc(COc3ccc(Cl)cc3)n2)cc1. The molecule has 0 saturated carbocycles. The third kappa shape index (κ3) is 4.94. The van der Waals surface area contributed by atoms with Crippen LogP contribution in [0.3, 0.4) is 0 Å². The second kappa shape index (κ2) is 7.12. The molecular weight excluding hydrogens is 366 g/mol. The maximum Gasteiger partial charge on any atom is 0.264 e. The van der Waals surface area contributed by atoms with Gasteiger partial charge in [0.25, 0.3) is 5.89 Å². The number of hydrogen-bond donors (Lipinski definition) is 1. The topological polar surface area (TPSA) is 94.3 Å². The van der Waals surface area contributed by atoms with Crippen LogP contribution in [0.2, 0.25) is 5.02 Å². The average Bonchev–Trinajstić information content (AvgIpc) is 3.02. The molecule has 0 spiro atoms. The van der Waals surface area contributed by atoms with Gasteiger partial charge in [0, 0.05) is 16.3 Å². The Labute approximate surface area is 149 Å². The van der Waals surface area contributed by atoms with Gasteiger partial charge in [-0.15, -0.1) is 0 Å². The molecule has 7 nitrogen and oxygen atoms in total. The zero-order valence-corrected chi connectivity index (χ0v) is 14.7. The van der Waals surface area contributed by atoms with Crippen LogP contribution < -0.4 is 9.46 Å². The molecule has 1 N–H and O–H groups in total. The molecule has 0 atom stereocenters. The number of benzene rings is 2. The summed E-state index contributed by atoms with van der Waals surface area (Å²) >= 11 is 5.81. The monoisotopic (exact) mass is 379 g/mol. The van der Waals surface area contributed by atoms with Crippen molar-refractivity contribution in [3.05, 3.63) is 59.4 Å². The van der Waals surface area contributed by atoms with E-state index in [0.29, 0.717) is 33.7 Å². The normalized spacial score (nSPS) is 11.3. The largest absolute Gasteiger partial charge is 0.484 e. The van der Waals surface area contributed by atoms with Gasteiger partial charge in [-0.1, -0.05) is 16.8 Å². The molecule has 0 fully saturated rings. The van der Waals surface area contributed by atoms with Crippen molar-refractivity contribution in [2.75, 3.05) is 11.0 Å². The van der Waals surface area contributed by atoms with Gasteiger partial charge >= 0.3 is 0 Å². The quantitative estimate of drug-likeness (QED) is 0.705. The van der Waals surface area contributed by atoms with Gasteiger partial charge < -0.3 is 9.26 Å². The second-order valence-electron chi connectivity index (χ2n) is 5.21. The van der Waals surface area contributed by atoms with E-state index >= 15 is 0 Å². The van der Waals surface area contributed by atoms with E-state index in [1.807, 2.05) is 0 Å². The fourth-order valence-electron chi connectivity index (χ4n) is 2.01. The van der Waals surface area contributed by atoms with Gasteiger partial charge in [-0.05, 0) is 48.5 Å². The van der Waals surface area contributed by atoms with Crippen molar-refractivity contribution >= 4 is 27.3 Å². The highest BCUT2D eigenvalue weighted by Crippen LogP contribution is 2.20. The predicted molar refractivity (Wildman–Crippen MR) is 94.0 cm³/mol. The van der Waals surface area contributed by atoms with Gasteiger partial charge in [-0.25, -0.2) is 8.42 Å². The van der Waals surface area contributed by atoms with Crippen LogP contribution >= 0.6 is 11.6 Å². The third-order valence-electron chi connectivity index (χ3n) is 3.09. The molecule has 0 amide bonds. The van der Waals surface area contributed by atoms with Crippen LogP contribution in [-0.2, 0) is 16.6 Å². The van der Waals surface area contributed by atoms with Crippen molar-refractivity contribution in [2.24, 2.45) is 0 Å². The Kier molecular flexibility index (Phi) is 4.91. The standard InChI is InChI=1S/C16H14ClN3O4S/c1-25(21,22)20-13-6-2-11(3-7-13)16-18-15(24-19-16)10-23-14-8-4-12(17)5-9-14/h2-9,20H,10H2,1H3. The Morgan fingerprint density at radius 2 is 1.80 bits per heavy atom. The molecule has 9 heteroatoms. The Balaban J connectivity index is 1.65. The van der Waals surface area contributed by atoms with Gasteiger partial charge in [-0.2, -0.15) is 4.98 Å². The van der Waals surface area contributed by atoms with E-state index in [4.69, 9.17) is 20.9 Å². The molecule has 0 bridgehead atoms. The summed E-state index contributed by atoms with van der Waals surface area (Å²) in [6, 6.07) is 13.6. The maximum atomic E-state index is 11.2. The lowest BCUT2D eigenvalue weighted by molar-refractivity contribution is 0.243.